The van der Waals surface area contributed by atoms with E-state index < -0.39 is 28.5 Å². The standard InChI is InChI=1S/C8H16F3N3O2S/c9-8(10,11)6-13-17(15,16)14-7(5-12)3-1-2-4-7/h13-14H,1-6,12H2. The Morgan fingerprint density at radius 3 is 2.18 bits per heavy atom. The molecule has 0 heterocycles. The molecule has 0 atom stereocenters. The number of hydrogen-bond donors (Lipinski definition) is 3. The molecule has 1 aliphatic rings. The van der Waals surface area contributed by atoms with Gasteiger partial charge in [0.15, 0.2) is 0 Å². The molecule has 0 aromatic carbocycles. The van der Waals surface area contributed by atoms with Crippen molar-refractivity contribution in [3.05, 3.63) is 0 Å². The fourth-order valence-electron chi connectivity index (χ4n) is 1.90. The molecule has 0 unspecified atom stereocenters. The lowest BCUT2D eigenvalue weighted by atomic mass is 10.0. The highest BCUT2D eigenvalue weighted by Crippen LogP contribution is 2.29. The number of nitrogens with one attached hydrogen (secondary N) is 2. The Bertz CT molecular complexity index is 350. The van der Waals surface area contributed by atoms with Gasteiger partial charge in [-0.3, -0.25) is 0 Å². The van der Waals surface area contributed by atoms with E-state index in [1.165, 1.54) is 4.72 Å². The van der Waals surface area contributed by atoms with Crippen molar-refractivity contribution in [1.82, 2.24) is 9.44 Å². The van der Waals surface area contributed by atoms with Gasteiger partial charge in [-0.25, -0.2) is 0 Å². The van der Waals surface area contributed by atoms with E-state index in [0.717, 1.165) is 12.8 Å². The summed E-state index contributed by atoms with van der Waals surface area (Å²) in [6, 6.07) is 0. The van der Waals surface area contributed by atoms with Gasteiger partial charge in [0, 0.05) is 12.1 Å². The van der Waals surface area contributed by atoms with Gasteiger partial charge in [0.2, 0.25) is 0 Å². The molecule has 1 fully saturated rings. The molecule has 0 spiro atoms. The van der Waals surface area contributed by atoms with Gasteiger partial charge in [0.1, 0.15) is 6.54 Å². The molecule has 1 saturated carbocycles. The SMILES string of the molecule is NCC1(NS(=O)(=O)NCC(F)(F)F)CCCC1. The van der Waals surface area contributed by atoms with Crippen LogP contribution in [-0.4, -0.2) is 33.2 Å². The second-order valence-corrected chi connectivity index (χ2v) is 5.73. The highest BCUT2D eigenvalue weighted by atomic mass is 32.2. The molecule has 1 rings (SSSR count). The minimum Gasteiger partial charge on any atom is -0.329 e. The van der Waals surface area contributed by atoms with E-state index in [1.807, 2.05) is 0 Å². The summed E-state index contributed by atoms with van der Waals surface area (Å²) in [5, 5.41) is 0. The third-order valence-electron chi connectivity index (χ3n) is 2.76. The summed E-state index contributed by atoms with van der Waals surface area (Å²) in [6.45, 7) is -1.50. The maximum atomic E-state index is 11.9. The van der Waals surface area contributed by atoms with Crippen molar-refractivity contribution < 1.29 is 21.6 Å². The first-order valence-corrected chi connectivity index (χ1v) is 6.72. The van der Waals surface area contributed by atoms with Crippen LogP contribution in [0.5, 0.6) is 0 Å². The molecule has 17 heavy (non-hydrogen) atoms. The summed E-state index contributed by atoms with van der Waals surface area (Å²) in [7, 11) is -4.17. The van der Waals surface area contributed by atoms with Crippen molar-refractivity contribution in [2.45, 2.75) is 37.4 Å². The topological polar surface area (TPSA) is 84.2 Å². The van der Waals surface area contributed by atoms with Crippen molar-refractivity contribution in [1.29, 1.82) is 0 Å². The van der Waals surface area contributed by atoms with Crippen LogP contribution in [0.1, 0.15) is 25.7 Å². The number of rotatable bonds is 5. The van der Waals surface area contributed by atoms with Gasteiger partial charge in [-0.15, -0.1) is 0 Å². The first kappa shape index (κ1) is 14.7. The van der Waals surface area contributed by atoms with E-state index in [9.17, 15) is 21.6 Å². The van der Waals surface area contributed by atoms with Gasteiger partial charge in [-0.05, 0) is 12.8 Å². The highest BCUT2D eigenvalue weighted by Gasteiger charge is 2.37. The summed E-state index contributed by atoms with van der Waals surface area (Å²) in [5.41, 5.74) is 4.69. The normalized spacial score (nSPS) is 20.7. The van der Waals surface area contributed by atoms with Crippen molar-refractivity contribution in [2.24, 2.45) is 5.73 Å². The molecule has 0 amide bonds. The molecule has 9 heteroatoms. The van der Waals surface area contributed by atoms with Gasteiger partial charge in [0.25, 0.3) is 10.2 Å². The van der Waals surface area contributed by atoms with E-state index in [2.05, 4.69) is 4.72 Å². The summed E-state index contributed by atoms with van der Waals surface area (Å²) >= 11 is 0. The van der Waals surface area contributed by atoms with Crippen molar-refractivity contribution in [2.75, 3.05) is 13.1 Å². The van der Waals surface area contributed by atoms with Crippen LogP contribution in [0.2, 0.25) is 0 Å². The lowest BCUT2D eigenvalue weighted by molar-refractivity contribution is -0.121. The molecule has 5 nitrogen and oxygen atoms in total. The van der Waals surface area contributed by atoms with Gasteiger partial charge >= 0.3 is 6.18 Å². The van der Waals surface area contributed by atoms with Crippen LogP contribution >= 0.6 is 0 Å². The molecule has 0 aliphatic heterocycles. The molecule has 4 N–H and O–H groups in total. The fraction of sp³-hybridized carbons (Fsp3) is 1.00. The first-order valence-electron chi connectivity index (χ1n) is 5.23. The summed E-state index contributed by atoms with van der Waals surface area (Å²) in [5.74, 6) is 0. The maximum Gasteiger partial charge on any atom is 0.402 e. The highest BCUT2D eigenvalue weighted by molar-refractivity contribution is 7.87. The number of halogens is 3. The lowest BCUT2D eigenvalue weighted by Gasteiger charge is -2.28. The van der Waals surface area contributed by atoms with Crippen LogP contribution in [0.15, 0.2) is 0 Å². The van der Waals surface area contributed by atoms with Crippen LogP contribution in [-0.2, 0) is 10.2 Å². The molecule has 1 aliphatic carbocycles. The van der Waals surface area contributed by atoms with E-state index in [4.69, 9.17) is 5.73 Å². The van der Waals surface area contributed by atoms with Crippen LogP contribution < -0.4 is 15.2 Å². The zero-order chi connectivity index (χ0) is 13.2. The zero-order valence-electron chi connectivity index (χ0n) is 9.18. The third-order valence-corrected chi connectivity index (χ3v) is 3.99. The Hall–Kier alpha value is -0.380. The van der Waals surface area contributed by atoms with Crippen molar-refractivity contribution in [3.63, 3.8) is 0 Å². The van der Waals surface area contributed by atoms with E-state index in [-0.39, 0.29) is 6.54 Å². The number of alkyl halides is 3. The Labute approximate surface area is 98.1 Å². The Morgan fingerprint density at radius 1 is 1.24 bits per heavy atom. The monoisotopic (exact) mass is 275 g/mol. The van der Waals surface area contributed by atoms with Crippen LogP contribution in [0.3, 0.4) is 0 Å². The molecule has 102 valence electrons. The largest absolute Gasteiger partial charge is 0.402 e. The van der Waals surface area contributed by atoms with Crippen LogP contribution in [0.4, 0.5) is 13.2 Å². The predicted molar refractivity (Wildman–Crippen MR) is 56.4 cm³/mol. The van der Waals surface area contributed by atoms with E-state index in [1.54, 1.807) is 0 Å². The third kappa shape index (κ3) is 4.78. The molecular weight excluding hydrogens is 259 g/mol. The molecule has 0 aromatic rings. The van der Waals surface area contributed by atoms with Gasteiger partial charge < -0.3 is 5.73 Å². The average Bonchev–Trinajstić information content (AvgIpc) is 2.63. The summed E-state index contributed by atoms with van der Waals surface area (Å²) in [4.78, 5) is 0. The molecule has 0 radical (unpaired) electrons. The molecule has 0 aromatic heterocycles. The van der Waals surface area contributed by atoms with Gasteiger partial charge in [-0.2, -0.15) is 31.0 Å². The van der Waals surface area contributed by atoms with Crippen LogP contribution in [0, 0.1) is 0 Å². The van der Waals surface area contributed by atoms with Gasteiger partial charge in [-0.1, -0.05) is 12.8 Å². The minimum atomic E-state index is -4.57. The lowest BCUT2D eigenvalue weighted by Crippen LogP contribution is -2.55. The quantitative estimate of drug-likeness (QED) is 0.672. The van der Waals surface area contributed by atoms with Crippen LogP contribution in [0.25, 0.3) is 0 Å². The Balaban J connectivity index is 2.59. The fourth-order valence-corrected chi connectivity index (χ4v) is 3.18. The second-order valence-electron chi connectivity index (χ2n) is 4.23. The summed E-state index contributed by atoms with van der Waals surface area (Å²) < 4.78 is 62.2. The Kier molecular flexibility index (Phi) is 4.39. The summed E-state index contributed by atoms with van der Waals surface area (Å²) in [6.07, 6.45) is -1.83. The minimum absolute atomic E-state index is 0.0833. The molecule has 0 bridgehead atoms. The first-order chi connectivity index (χ1) is 7.68. The molecular formula is C8H16F3N3O2S. The number of hydrogen-bond acceptors (Lipinski definition) is 3. The number of nitrogens with two attached hydrogens (primary N) is 1. The van der Waals surface area contributed by atoms with Crippen molar-refractivity contribution >= 4 is 10.2 Å². The van der Waals surface area contributed by atoms with Crippen molar-refractivity contribution in [3.8, 4) is 0 Å². The van der Waals surface area contributed by atoms with E-state index in [0.29, 0.717) is 12.8 Å². The van der Waals surface area contributed by atoms with Gasteiger partial charge in [0.05, 0.1) is 0 Å². The molecule has 0 saturated heterocycles. The second kappa shape index (κ2) is 5.09. The predicted octanol–water partition coefficient (Wildman–Crippen LogP) is 0.244. The zero-order valence-corrected chi connectivity index (χ0v) is 10.00. The maximum absolute atomic E-state index is 11.9. The smallest absolute Gasteiger partial charge is 0.329 e. The Morgan fingerprint density at radius 2 is 1.76 bits per heavy atom. The average molecular weight is 275 g/mol. The van der Waals surface area contributed by atoms with E-state index >= 15 is 0 Å².